The van der Waals surface area contributed by atoms with Crippen molar-refractivity contribution in [3.05, 3.63) is 33.8 Å². The molecule has 4 unspecified atom stereocenters. The number of fused-ring (bicyclic) bond motifs is 2. The van der Waals surface area contributed by atoms with Crippen LogP contribution >= 0.6 is 11.6 Å². The molecule has 1 aromatic rings. The fraction of sp³-hybridized carbons (Fsp3) is 0.647. The first-order valence-corrected chi connectivity index (χ1v) is 7.94. The summed E-state index contributed by atoms with van der Waals surface area (Å²) in [6.45, 7) is 4.24. The van der Waals surface area contributed by atoms with Gasteiger partial charge >= 0.3 is 0 Å². The molecular formula is C17H24ClN. The molecule has 0 radical (unpaired) electrons. The van der Waals surface area contributed by atoms with Gasteiger partial charge in [-0.25, -0.2) is 0 Å². The van der Waals surface area contributed by atoms with Gasteiger partial charge in [0.1, 0.15) is 0 Å². The largest absolute Gasteiger partial charge is 0.324 e. The summed E-state index contributed by atoms with van der Waals surface area (Å²) in [6.07, 6.45) is 6.87. The van der Waals surface area contributed by atoms with Gasteiger partial charge in [0, 0.05) is 11.1 Å². The molecule has 2 heteroatoms. The van der Waals surface area contributed by atoms with E-state index in [2.05, 4.69) is 26.0 Å². The van der Waals surface area contributed by atoms with E-state index in [0.29, 0.717) is 0 Å². The van der Waals surface area contributed by atoms with Gasteiger partial charge in [0.05, 0.1) is 0 Å². The molecule has 0 saturated heterocycles. The zero-order chi connectivity index (χ0) is 13.6. The topological polar surface area (TPSA) is 26.0 Å². The number of hydrogen-bond acceptors (Lipinski definition) is 1. The summed E-state index contributed by atoms with van der Waals surface area (Å²) in [5.41, 5.74) is 10.1. The highest BCUT2D eigenvalue weighted by molar-refractivity contribution is 6.31. The van der Waals surface area contributed by atoms with Crippen molar-refractivity contribution < 1.29 is 0 Å². The van der Waals surface area contributed by atoms with E-state index >= 15 is 0 Å². The van der Waals surface area contributed by atoms with Gasteiger partial charge in [-0.05, 0) is 80.0 Å². The standard InChI is InChI=1S/C17H24ClN/c1-10-5-15(16(18)6-11(10)2)17(19)9-14-8-12-3-4-13(14)7-12/h5-6,12-14,17H,3-4,7-9,19H2,1-2H3. The molecule has 104 valence electrons. The lowest BCUT2D eigenvalue weighted by molar-refractivity contribution is 0.296. The zero-order valence-electron chi connectivity index (χ0n) is 12.0. The van der Waals surface area contributed by atoms with Crippen LogP contribution in [0.4, 0.5) is 0 Å². The Hall–Kier alpha value is -0.530. The fourth-order valence-corrected chi connectivity index (χ4v) is 4.56. The predicted octanol–water partition coefficient (Wildman–Crippen LogP) is 4.78. The molecule has 0 aromatic heterocycles. The first-order chi connectivity index (χ1) is 9.04. The van der Waals surface area contributed by atoms with E-state index in [0.717, 1.165) is 34.8 Å². The van der Waals surface area contributed by atoms with Gasteiger partial charge in [0.2, 0.25) is 0 Å². The predicted molar refractivity (Wildman–Crippen MR) is 81.4 cm³/mol. The molecule has 2 fully saturated rings. The van der Waals surface area contributed by atoms with E-state index in [1.807, 2.05) is 0 Å². The SMILES string of the molecule is Cc1cc(Cl)c(C(N)CC2CC3CCC2C3)cc1C. The number of rotatable bonds is 3. The van der Waals surface area contributed by atoms with Crippen LogP contribution in [0.5, 0.6) is 0 Å². The highest BCUT2D eigenvalue weighted by Gasteiger charge is 2.39. The van der Waals surface area contributed by atoms with Gasteiger partial charge in [-0.15, -0.1) is 0 Å². The third kappa shape index (κ3) is 2.55. The van der Waals surface area contributed by atoms with Gasteiger partial charge in [-0.1, -0.05) is 24.1 Å². The van der Waals surface area contributed by atoms with Gasteiger partial charge in [-0.2, -0.15) is 0 Å². The number of hydrogen-bond donors (Lipinski definition) is 1. The molecule has 0 heterocycles. The monoisotopic (exact) mass is 277 g/mol. The van der Waals surface area contributed by atoms with Crippen molar-refractivity contribution in [2.45, 2.75) is 52.0 Å². The average Bonchev–Trinajstić information content (AvgIpc) is 2.95. The van der Waals surface area contributed by atoms with E-state index in [4.69, 9.17) is 17.3 Å². The highest BCUT2D eigenvalue weighted by atomic mass is 35.5. The van der Waals surface area contributed by atoms with Crippen molar-refractivity contribution in [2.75, 3.05) is 0 Å². The lowest BCUT2D eigenvalue weighted by atomic mass is 9.82. The Kier molecular flexibility index (Phi) is 3.61. The van der Waals surface area contributed by atoms with Crippen LogP contribution in [-0.4, -0.2) is 0 Å². The lowest BCUT2D eigenvalue weighted by Crippen LogP contribution is -2.20. The number of aryl methyl sites for hydroxylation is 2. The third-order valence-electron chi connectivity index (χ3n) is 5.45. The molecule has 2 aliphatic rings. The molecule has 2 aliphatic carbocycles. The normalized spacial score (nSPS) is 30.8. The molecule has 0 spiro atoms. The molecule has 19 heavy (non-hydrogen) atoms. The Morgan fingerprint density at radius 1 is 1.21 bits per heavy atom. The molecule has 2 saturated carbocycles. The third-order valence-corrected chi connectivity index (χ3v) is 5.78. The van der Waals surface area contributed by atoms with E-state index in [9.17, 15) is 0 Å². The Labute approximate surface area is 121 Å². The molecular weight excluding hydrogens is 254 g/mol. The highest BCUT2D eigenvalue weighted by Crippen LogP contribution is 2.50. The molecule has 0 amide bonds. The van der Waals surface area contributed by atoms with Crippen molar-refractivity contribution >= 4 is 11.6 Å². The van der Waals surface area contributed by atoms with Gasteiger partial charge < -0.3 is 5.73 Å². The van der Waals surface area contributed by atoms with Crippen LogP contribution in [0.2, 0.25) is 5.02 Å². The van der Waals surface area contributed by atoms with Crippen LogP contribution in [0.3, 0.4) is 0 Å². The number of nitrogens with two attached hydrogens (primary N) is 1. The first-order valence-electron chi connectivity index (χ1n) is 7.57. The van der Waals surface area contributed by atoms with Crippen molar-refractivity contribution in [1.82, 2.24) is 0 Å². The van der Waals surface area contributed by atoms with Crippen LogP contribution in [-0.2, 0) is 0 Å². The molecule has 0 aliphatic heterocycles. The van der Waals surface area contributed by atoms with E-state index in [-0.39, 0.29) is 6.04 Å². The summed E-state index contributed by atoms with van der Waals surface area (Å²) in [5, 5.41) is 0.846. The van der Waals surface area contributed by atoms with Crippen molar-refractivity contribution in [2.24, 2.45) is 23.5 Å². The average molecular weight is 278 g/mol. The minimum absolute atomic E-state index is 0.108. The number of halogens is 1. The maximum Gasteiger partial charge on any atom is 0.0456 e. The second-order valence-corrected chi connectivity index (χ2v) is 7.14. The van der Waals surface area contributed by atoms with E-state index < -0.39 is 0 Å². The van der Waals surface area contributed by atoms with E-state index in [1.165, 1.54) is 36.8 Å². The summed E-state index contributed by atoms with van der Waals surface area (Å²) in [5.74, 6) is 2.78. The van der Waals surface area contributed by atoms with Gasteiger partial charge in [0.25, 0.3) is 0 Å². The first kappa shape index (κ1) is 13.5. The number of benzene rings is 1. The molecule has 2 N–H and O–H groups in total. The smallest absolute Gasteiger partial charge is 0.0456 e. The molecule has 1 nitrogen and oxygen atoms in total. The Balaban J connectivity index is 1.73. The Bertz CT molecular complexity index is 482. The summed E-state index contributed by atoms with van der Waals surface area (Å²) >= 11 is 6.38. The second-order valence-electron chi connectivity index (χ2n) is 6.74. The summed E-state index contributed by atoms with van der Waals surface area (Å²) in [6, 6.07) is 4.36. The molecule has 2 bridgehead atoms. The zero-order valence-corrected chi connectivity index (χ0v) is 12.7. The van der Waals surface area contributed by atoms with Gasteiger partial charge in [-0.3, -0.25) is 0 Å². The van der Waals surface area contributed by atoms with Crippen LogP contribution in [0, 0.1) is 31.6 Å². The van der Waals surface area contributed by atoms with Crippen LogP contribution in [0.15, 0.2) is 12.1 Å². The molecule has 1 aromatic carbocycles. The Morgan fingerprint density at radius 3 is 2.58 bits per heavy atom. The Morgan fingerprint density at radius 2 is 1.95 bits per heavy atom. The lowest BCUT2D eigenvalue weighted by Gasteiger charge is -2.25. The van der Waals surface area contributed by atoms with Crippen LogP contribution < -0.4 is 5.73 Å². The van der Waals surface area contributed by atoms with Crippen LogP contribution in [0.1, 0.15) is 54.8 Å². The summed E-state index contributed by atoms with van der Waals surface area (Å²) in [4.78, 5) is 0. The maximum atomic E-state index is 6.44. The summed E-state index contributed by atoms with van der Waals surface area (Å²) < 4.78 is 0. The minimum atomic E-state index is 0.108. The van der Waals surface area contributed by atoms with Crippen molar-refractivity contribution in [3.8, 4) is 0 Å². The molecule has 4 atom stereocenters. The fourth-order valence-electron chi connectivity index (χ4n) is 4.21. The summed E-state index contributed by atoms with van der Waals surface area (Å²) in [7, 11) is 0. The molecule has 3 rings (SSSR count). The quantitative estimate of drug-likeness (QED) is 0.845. The second kappa shape index (κ2) is 5.10. The van der Waals surface area contributed by atoms with Crippen molar-refractivity contribution in [1.29, 1.82) is 0 Å². The van der Waals surface area contributed by atoms with Gasteiger partial charge in [0.15, 0.2) is 0 Å². The van der Waals surface area contributed by atoms with Crippen molar-refractivity contribution in [3.63, 3.8) is 0 Å². The minimum Gasteiger partial charge on any atom is -0.324 e. The maximum absolute atomic E-state index is 6.44. The van der Waals surface area contributed by atoms with E-state index in [1.54, 1.807) is 0 Å². The van der Waals surface area contributed by atoms with Crippen LogP contribution in [0.25, 0.3) is 0 Å².